The van der Waals surface area contributed by atoms with Gasteiger partial charge in [0.25, 0.3) is 0 Å². The van der Waals surface area contributed by atoms with E-state index in [4.69, 9.17) is 4.74 Å². The average molecular weight is 275 g/mol. The lowest BCUT2D eigenvalue weighted by atomic mass is 9.79. The zero-order valence-electron chi connectivity index (χ0n) is 9.80. The standard InChI is InChI=1S/C13H23BrO/c1-11-4-3-7-13(8-11,10-14)15-9-12-5-2-6-12/h11-12H,2-10H2,1H3. The van der Waals surface area contributed by atoms with Crippen LogP contribution in [0.15, 0.2) is 0 Å². The van der Waals surface area contributed by atoms with E-state index in [0.717, 1.165) is 23.8 Å². The molecule has 0 radical (unpaired) electrons. The van der Waals surface area contributed by atoms with Gasteiger partial charge in [0.15, 0.2) is 0 Å². The van der Waals surface area contributed by atoms with Crippen molar-refractivity contribution in [3.05, 3.63) is 0 Å². The molecule has 0 amide bonds. The quantitative estimate of drug-likeness (QED) is 0.700. The van der Waals surface area contributed by atoms with Crippen molar-refractivity contribution in [2.75, 3.05) is 11.9 Å². The minimum atomic E-state index is 0.174. The van der Waals surface area contributed by atoms with E-state index in [0.29, 0.717) is 0 Å². The van der Waals surface area contributed by atoms with Gasteiger partial charge in [-0.05, 0) is 37.5 Å². The zero-order chi connectivity index (χ0) is 10.7. The second-order valence-corrected chi connectivity index (χ2v) is 6.19. The molecule has 88 valence electrons. The predicted octanol–water partition coefficient (Wildman–Crippen LogP) is 4.15. The Morgan fingerprint density at radius 2 is 2.07 bits per heavy atom. The third-order valence-corrected chi connectivity index (χ3v) is 5.17. The number of alkyl halides is 1. The Hall–Kier alpha value is 0.440. The Balaban J connectivity index is 1.82. The van der Waals surface area contributed by atoms with Gasteiger partial charge in [0.05, 0.1) is 12.2 Å². The summed E-state index contributed by atoms with van der Waals surface area (Å²) in [5.74, 6) is 1.72. The first kappa shape index (κ1) is 11.9. The molecule has 0 aromatic rings. The highest BCUT2D eigenvalue weighted by atomic mass is 79.9. The SMILES string of the molecule is CC1CCCC(CBr)(OCC2CCC2)C1. The molecule has 2 rings (SSSR count). The van der Waals surface area contributed by atoms with Crippen LogP contribution < -0.4 is 0 Å². The fourth-order valence-corrected chi connectivity index (χ4v) is 3.53. The second kappa shape index (κ2) is 5.18. The first-order valence-corrected chi connectivity index (χ1v) is 7.56. The van der Waals surface area contributed by atoms with Crippen molar-refractivity contribution in [3.8, 4) is 0 Å². The maximum atomic E-state index is 6.25. The van der Waals surface area contributed by atoms with E-state index < -0.39 is 0 Å². The Bertz CT molecular complexity index is 203. The average Bonchev–Trinajstić information content (AvgIpc) is 2.15. The third-order valence-electron chi connectivity index (χ3n) is 4.14. The summed E-state index contributed by atoms with van der Waals surface area (Å²) in [5, 5.41) is 1.02. The molecule has 15 heavy (non-hydrogen) atoms. The summed E-state index contributed by atoms with van der Waals surface area (Å²) in [5.41, 5.74) is 0.174. The number of hydrogen-bond acceptors (Lipinski definition) is 1. The molecule has 0 aromatic heterocycles. The minimum absolute atomic E-state index is 0.174. The third kappa shape index (κ3) is 2.97. The molecule has 0 bridgehead atoms. The maximum Gasteiger partial charge on any atom is 0.0781 e. The largest absolute Gasteiger partial charge is 0.374 e. The Morgan fingerprint density at radius 3 is 2.60 bits per heavy atom. The van der Waals surface area contributed by atoms with Crippen LogP contribution in [0.25, 0.3) is 0 Å². The van der Waals surface area contributed by atoms with Crippen LogP contribution in [0.1, 0.15) is 51.9 Å². The van der Waals surface area contributed by atoms with Crippen molar-refractivity contribution >= 4 is 15.9 Å². The van der Waals surface area contributed by atoms with Gasteiger partial charge in [0.2, 0.25) is 0 Å². The molecule has 0 N–H and O–H groups in total. The van der Waals surface area contributed by atoms with E-state index in [1.165, 1.54) is 44.9 Å². The molecule has 2 aliphatic carbocycles. The molecule has 0 heterocycles. The van der Waals surface area contributed by atoms with Crippen molar-refractivity contribution in [1.29, 1.82) is 0 Å². The van der Waals surface area contributed by atoms with E-state index in [2.05, 4.69) is 22.9 Å². The van der Waals surface area contributed by atoms with Crippen molar-refractivity contribution in [2.45, 2.75) is 57.5 Å². The van der Waals surface area contributed by atoms with Crippen LogP contribution in [0.5, 0.6) is 0 Å². The van der Waals surface area contributed by atoms with Crippen LogP contribution >= 0.6 is 15.9 Å². The Kier molecular flexibility index (Phi) is 4.11. The number of halogens is 1. The number of rotatable bonds is 4. The molecule has 2 fully saturated rings. The highest BCUT2D eigenvalue weighted by Gasteiger charge is 2.35. The van der Waals surface area contributed by atoms with Crippen LogP contribution in [-0.4, -0.2) is 17.5 Å². The molecule has 0 aromatic carbocycles. The fourth-order valence-electron chi connectivity index (χ4n) is 2.86. The summed E-state index contributed by atoms with van der Waals surface area (Å²) in [6, 6.07) is 0. The monoisotopic (exact) mass is 274 g/mol. The first-order chi connectivity index (χ1) is 7.24. The molecule has 2 atom stereocenters. The van der Waals surface area contributed by atoms with Crippen LogP contribution in [0.4, 0.5) is 0 Å². The molecule has 2 saturated carbocycles. The summed E-state index contributed by atoms with van der Waals surface area (Å²) in [4.78, 5) is 0. The maximum absolute atomic E-state index is 6.25. The lowest BCUT2D eigenvalue weighted by Crippen LogP contribution is -2.41. The molecule has 2 unspecified atom stereocenters. The summed E-state index contributed by atoms with van der Waals surface area (Å²) >= 11 is 3.66. The van der Waals surface area contributed by atoms with Crippen molar-refractivity contribution in [1.82, 2.24) is 0 Å². The van der Waals surface area contributed by atoms with E-state index in [-0.39, 0.29) is 5.60 Å². The molecular formula is C13H23BrO. The topological polar surface area (TPSA) is 9.23 Å². The van der Waals surface area contributed by atoms with Crippen LogP contribution in [0.3, 0.4) is 0 Å². The van der Waals surface area contributed by atoms with E-state index in [9.17, 15) is 0 Å². The van der Waals surface area contributed by atoms with Crippen LogP contribution in [-0.2, 0) is 4.74 Å². The van der Waals surface area contributed by atoms with E-state index >= 15 is 0 Å². The fraction of sp³-hybridized carbons (Fsp3) is 1.00. The normalized spacial score (nSPS) is 37.6. The Morgan fingerprint density at radius 1 is 1.27 bits per heavy atom. The molecular weight excluding hydrogens is 252 g/mol. The predicted molar refractivity (Wildman–Crippen MR) is 67.5 cm³/mol. The summed E-state index contributed by atoms with van der Waals surface area (Å²) < 4.78 is 6.25. The molecule has 0 aliphatic heterocycles. The number of hydrogen-bond donors (Lipinski definition) is 0. The Labute approximate surface area is 102 Å². The van der Waals surface area contributed by atoms with Crippen molar-refractivity contribution < 1.29 is 4.74 Å². The first-order valence-electron chi connectivity index (χ1n) is 6.44. The second-order valence-electron chi connectivity index (χ2n) is 5.63. The smallest absolute Gasteiger partial charge is 0.0781 e. The lowest BCUT2D eigenvalue weighted by molar-refractivity contribution is -0.0846. The molecule has 1 nitrogen and oxygen atoms in total. The van der Waals surface area contributed by atoms with Crippen molar-refractivity contribution in [2.24, 2.45) is 11.8 Å². The zero-order valence-corrected chi connectivity index (χ0v) is 11.4. The molecule has 0 saturated heterocycles. The minimum Gasteiger partial charge on any atom is -0.374 e. The van der Waals surface area contributed by atoms with E-state index in [1.54, 1.807) is 0 Å². The summed E-state index contributed by atoms with van der Waals surface area (Å²) in [6.07, 6.45) is 9.47. The van der Waals surface area contributed by atoms with Gasteiger partial charge in [-0.1, -0.05) is 42.1 Å². The molecule has 2 aliphatic rings. The number of ether oxygens (including phenoxy) is 1. The van der Waals surface area contributed by atoms with Gasteiger partial charge in [0.1, 0.15) is 0 Å². The summed E-state index contributed by atoms with van der Waals surface area (Å²) in [7, 11) is 0. The van der Waals surface area contributed by atoms with Gasteiger partial charge in [-0.25, -0.2) is 0 Å². The van der Waals surface area contributed by atoms with Gasteiger partial charge < -0.3 is 4.74 Å². The molecule has 2 heteroatoms. The van der Waals surface area contributed by atoms with Crippen molar-refractivity contribution in [3.63, 3.8) is 0 Å². The van der Waals surface area contributed by atoms with E-state index in [1.807, 2.05) is 0 Å². The lowest BCUT2D eigenvalue weighted by Gasteiger charge is -2.40. The summed E-state index contributed by atoms with van der Waals surface area (Å²) in [6.45, 7) is 3.38. The van der Waals surface area contributed by atoms with Gasteiger partial charge in [-0.2, -0.15) is 0 Å². The van der Waals surface area contributed by atoms with Gasteiger partial charge in [-0.3, -0.25) is 0 Å². The van der Waals surface area contributed by atoms with Crippen LogP contribution in [0.2, 0.25) is 0 Å². The molecule has 0 spiro atoms. The highest BCUT2D eigenvalue weighted by Crippen LogP contribution is 2.38. The highest BCUT2D eigenvalue weighted by molar-refractivity contribution is 9.09. The van der Waals surface area contributed by atoms with Crippen LogP contribution in [0, 0.1) is 11.8 Å². The van der Waals surface area contributed by atoms with Gasteiger partial charge >= 0.3 is 0 Å². The van der Waals surface area contributed by atoms with Gasteiger partial charge in [0, 0.05) is 5.33 Å². The van der Waals surface area contributed by atoms with Gasteiger partial charge in [-0.15, -0.1) is 0 Å².